The zero-order valence-corrected chi connectivity index (χ0v) is 10.4. The van der Waals surface area contributed by atoms with Crippen molar-refractivity contribution in [1.29, 1.82) is 0 Å². The second-order valence-corrected chi connectivity index (χ2v) is 4.30. The number of hydrogen-bond donors (Lipinski definition) is 1. The first-order valence-electron chi connectivity index (χ1n) is 5.88. The number of rotatable bonds is 2. The molecule has 0 radical (unpaired) electrons. The summed E-state index contributed by atoms with van der Waals surface area (Å²) in [6, 6.07) is 1.97. The number of hydrogen-bond acceptors (Lipinski definition) is 3. The topological polar surface area (TPSA) is 50.8 Å². The van der Waals surface area contributed by atoms with Gasteiger partial charge in [-0.25, -0.2) is 9.97 Å². The number of nitrogens with zero attached hydrogens (tertiary/aromatic N) is 2. The minimum atomic E-state index is 0. The second kappa shape index (κ2) is 5.36. The number of aromatic amines is 1. The van der Waals surface area contributed by atoms with Gasteiger partial charge in [-0.15, -0.1) is 12.4 Å². The Kier molecular flexibility index (Phi) is 3.84. The van der Waals surface area contributed by atoms with Crippen LogP contribution in [0.1, 0.15) is 32.1 Å². The van der Waals surface area contributed by atoms with Crippen LogP contribution in [0.4, 0.5) is 0 Å². The maximum atomic E-state index is 5.96. The quantitative estimate of drug-likeness (QED) is 0.895. The monoisotopic (exact) mass is 253 g/mol. The Morgan fingerprint density at radius 3 is 2.82 bits per heavy atom. The molecule has 17 heavy (non-hydrogen) atoms. The number of nitrogens with one attached hydrogen (secondary N) is 1. The Balaban J connectivity index is 0.00000108. The smallest absolute Gasteiger partial charge is 0.226 e. The van der Waals surface area contributed by atoms with Crippen LogP contribution in [0.25, 0.3) is 11.0 Å². The summed E-state index contributed by atoms with van der Waals surface area (Å²) < 4.78 is 5.96. The van der Waals surface area contributed by atoms with Crippen LogP contribution in [0.3, 0.4) is 0 Å². The van der Waals surface area contributed by atoms with E-state index in [1.165, 1.54) is 19.3 Å². The SMILES string of the molecule is Cl.c1nc(OC2CCCCC2)c2cc[nH]c2n1. The van der Waals surface area contributed by atoms with Gasteiger partial charge in [0.1, 0.15) is 18.1 Å². The molecule has 1 saturated carbocycles. The van der Waals surface area contributed by atoms with Crippen LogP contribution in [-0.4, -0.2) is 21.1 Å². The van der Waals surface area contributed by atoms with Crippen molar-refractivity contribution in [3.05, 3.63) is 18.6 Å². The summed E-state index contributed by atoms with van der Waals surface area (Å²) in [6.07, 6.45) is 9.93. The molecule has 0 aromatic carbocycles. The average Bonchev–Trinajstić information content (AvgIpc) is 2.80. The van der Waals surface area contributed by atoms with E-state index in [-0.39, 0.29) is 12.4 Å². The minimum Gasteiger partial charge on any atom is -0.474 e. The van der Waals surface area contributed by atoms with Gasteiger partial charge in [-0.3, -0.25) is 0 Å². The molecule has 0 amide bonds. The number of fused-ring (bicyclic) bond motifs is 1. The Labute approximate surface area is 106 Å². The molecule has 0 spiro atoms. The van der Waals surface area contributed by atoms with Crippen molar-refractivity contribution < 1.29 is 4.74 Å². The Morgan fingerprint density at radius 1 is 1.18 bits per heavy atom. The van der Waals surface area contributed by atoms with E-state index < -0.39 is 0 Å². The first kappa shape index (κ1) is 12.2. The fraction of sp³-hybridized carbons (Fsp3) is 0.500. The number of H-pyrrole nitrogens is 1. The molecule has 1 N–H and O–H groups in total. The molecule has 2 aromatic rings. The summed E-state index contributed by atoms with van der Waals surface area (Å²) in [5, 5.41) is 0.980. The van der Waals surface area contributed by atoms with Crippen LogP contribution < -0.4 is 4.74 Å². The largest absolute Gasteiger partial charge is 0.474 e. The van der Waals surface area contributed by atoms with Gasteiger partial charge >= 0.3 is 0 Å². The molecule has 1 aliphatic rings. The van der Waals surface area contributed by atoms with Crippen molar-refractivity contribution in [1.82, 2.24) is 15.0 Å². The summed E-state index contributed by atoms with van der Waals surface area (Å²) in [4.78, 5) is 11.4. The maximum Gasteiger partial charge on any atom is 0.226 e. The lowest BCUT2D eigenvalue weighted by Crippen LogP contribution is -2.20. The molecule has 1 fully saturated rings. The summed E-state index contributed by atoms with van der Waals surface area (Å²) in [5.74, 6) is 0.721. The van der Waals surface area contributed by atoms with E-state index in [9.17, 15) is 0 Å². The summed E-state index contributed by atoms with van der Waals surface area (Å²) in [7, 11) is 0. The van der Waals surface area contributed by atoms with Gasteiger partial charge in [0.15, 0.2) is 0 Å². The molecular formula is C12H16ClN3O. The number of halogens is 1. The van der Waals surface area contributed by atoms with Gasteiger partial charge in [0.2, 0.25) is 5.88 Å². The molecule has 0 unspecified atom stereocenters. The highest BCUT2D eigenvalue weighted by Crippen LogP contribution is 2.26. The van der Waals surface area contributed by atoms with Crippen molar-refractivity contribution in [2.45, 2.75) is 38.2 Å². The summed E-state index contributed by atoms with van der Waals surface area (Å²) in [5.41, 5.74) is 0.848. The van der Waals surface area contributed by atoms with Crippen molar-refractivity contribution in [2.75, 3.05) is 0 Å². The van der Waals surface area contributed by atoms with Gasteiger partial charge in [-0.05, 0) is 31.7 Å². The second-order valence-electron chi connectivity index (χ2n) is 4.30. The van der Waals surface area contributed by atoms with Crippen LogP contribution in [0.5, 0.6) is 5.88 Å². The highest BCUT2D eigenvalue weighted by molar-refractivity contribution is 5.85. The van der Waals surface area contributed by atoms with E-state index in [4.69, 9.17) is 4.74 Å². The Morgan fingerprint density at radius 2 is 2.00 bits per heavy atom. The van der Waals surface area contributed by atoms with Crippen molar-refractivity contribution in [2.24, 2.45) is 0 Å². The van der Waals surface area contributed by atoms with Crippen molar-refractivity contribution >= 4 is 23.4 Å². The molecule has 0 aliphatic heterocycles. The summed E-state index contributed by atoms with van der Waals surface area (Å²) in [6.45, 7) is 0. The molecule has 5 heteroatoms. The first-order valence-corrected chi connectivity index (χ1v) is 5.88. The molecule has 2 aromatic heterocycles. The lowest BCUT2D eigenvalue weighted by atomic mass is 9.98. The minimum absolute atomic E-state index is 0. The fourth-order valence-electron chi connectivity index (χ4n) is 2.28. The van der Waals surface area contributed by atoms with Gasteiger partial charge in [0.25, 0.3) is 0 Å². The van der Waals surface area contributed by atoms with E-state index in [1.807, 2.05) is 12.3 Å². The third kappa shape index (κ3) is 2.52. The standard InChI is InChI=1S/C12H15N3O.ClH/c1-2-4-9(5-3-1)16-12-10-6-7-13-11(10)14-8-15-12;/h6-9H,1-5H2,(H,13,14,15);1H. The van der Waals surface area contributed by atoms with Crippen LogP contribution in [-0.2, 0) is 0 Å². The molecule has 2 heterocycles. The van der Waals surface area contributed by atoms with Gasteiger partial charge in [0.05, 0.1) is 5.39 Å². The van der Waals surface area contributed by atoms with E-state index in [0.717, 1.165) is 29.8 Å². The molecule has 0 atom stereocenters. The highest BCUT2D eigenvalue weighted by Gasteiger charge is 2.16. The van der Waals surface area contributed by atoms with E-state index in [1.54, 1.807) is 6.33 Å². The first-order chi connectivity index (χ1) is 7.93. The van der Waals surface area contributed by atoms with Gasteiger partial charge in [-0.2, -0.15) is 0 Å². The molecule has 4 nitrogen and oxygen atoms in total. The van der Waals surface area contributed by atoms with Gasteiger partial charge in [0, 0.05) is 6.20 Å². The number of ether oxygens (including phenoxy) is 1. The third-order valence-corrected chi connectivity index (χ3v) is 3.15. The van der Waals surface area contributed by atoms with E-state index >= 15 is 0 Å². The van der Waals surface area contributed by atoms with Crippen molar-refractivity contribution in [3.63, 3.8) is 0 Å². The highest BCUT2D eigenvalue weighted by atomic mass is 35.5. The van der Waals surface area contributed by atoms with Crippen molar-refractivity contribution in [3.8, 4) is 5.88 Å². The lowest BCUT2D eigenvalue weighted by Gasteiger charge is -2.22. The van der Waals surface area contributed by atoms with Crippen LogP contribution in [0, 0.1) is 0 Å². The zero-order valence-electron chi connectivity index (χ0n) is 9.56. The van der Waals surface area contributed by atoms with Crippen LogP contribution >= 0.6 is 12.4 Å². The van der Waals surface area contributed by atoms with E-state index in [2.05, 4.69) is 15.0 Å². The van der Waals surface area contributed by atoms with Gasteiger partial charge < -0.3 is 9.72 Å². The molecule has 0 bridgehead atoms. The zero-order chi connectivity index (χ0) is 10.8. The molecule has 92 valence electrons. The Bertz CT molecular complexity index is 479. The molecule has 0 saturated heterocycles. The maximum absolute atomic E-state index is 5.96. The third-order valence-electron chi connectivity index (χ3n) is 3.15. The molecule has 3 rings (SSSR count). The molecule has 1 aliphatic carbocycles. The predicted octanol–water partition coefficient (Wildman–Crippen LogP) is 3.09. The van der Waals surface area contributed by atoms with E-state index in [0.29, 0.717) is 6.10 Å². The Hall–Kier alpha value is -1.29. The fourth-order valence-corrected chi connectivity index (χ4v) is 2.28. The normalized spacial score (nSPS) is 16.7. The average molecular weight is 254 g/mol. The van der Waals surface area contributed by atoms with Crippen LogP contribution in [0.2, 0.25) is 0 Å². The van der Waals surface area contributed by atoms with Crippen LogP contribution in [0.15, 0.2) is 18.6 Å². The number of aromatic nitrogens is 3. The predicted molar refractivity (Wildman–Crippen MR) is 68.6 cm³/mol. The lowest BCUT2D eigenvalue weighted by molar-refractivity contribution is 0.151. The summed E-state index contributed by atoms with van der Waals surface area (Å²) >= 11 is 0. The van der Waals surface area contributed by atoms with Gasteiger partial charge in [-0.1, -0.05) is 6.42 Å². The molecular weight excluding hydrogens is 238 g/mol.